The van der Waals surface area contributed by atoms with Gasteiger partial charge in [0.2, 0.25) is 0 Å². The van der Waals surface area contributed by atoms with E-state index >= 15 is 0 Å². The molecule has 1 aromatic heterocycles. The van der Waals surface area contributed by atoms with Crippen LogP contribution in [0.4, 0.5) is 0 Å². The second-order valence-corrected chi connectivity index (χ2v) is 3.30. The molecule has 0 aliphatic rings. The van der Waals surface area contributed by atoms with E-state index in [-0.39, 0.29) is 6.61 Å². The van der Waals surface area contributed by atoms with Crippen LogP contribution in [0.2, 0.25) is 0 Å². The number of ether oxygens (including phenoxy) is 1. The van der Waals surface area contributed by atoms with E-state index in [0.29, 0.717) is 5.06 Å². The molecular formula is C7H8O3S. The number of rotatable bonds is 3. The van der Waals surface area contributed by atoms with E-state index < -0.39 is 5.97 Å². The molecule has 1 heterocycles. The van der Waals surface area contributed by atoms with Crippen molar-refractivity contribution >= 4 is 17.3 Å². The standard InChI is InChI=1S/C7H8O3S/c1-5-2-3-7(11-5)10-4-6(8)9/h2-3H,4H2,1H3,(H,8,9). The Morgan fingerprint density at radius 3 is 2.91 bits per heavy atom. The largest absolute Gasteiger partial charge is 0.479 e. The molecule has 1 aromatic rings. The van der Waals surface area contributed by atoms with Crippen molar-refractivity contribution < 1.29 is 14.6 Å². The molecule has 3 nitrogen and oxygen atoms in total. The number of hydrogen-bond acceptors (Lipinski definition) is 3. The summed E-state index contributed by atoms with van der Waals surface area (Å²) in [5.41, 5.74) is 0. The predicted octanol–water partition coefficient (Wildman–Crippen LogP) is 1.52. The number of carboxylic acid groups (broad SMARTS) is 1. The number of carbonyl (C=O) groups is 1. The molecule has 0 saturated heterocycles. The molecular weight excluding hydrogens is 164 g/mol. The Bertz CT molecular complexity index is 254. The summed E-state index contributed by atoms with van der Waals surface area (Å²) in [4.78, 5) is 11.2. The molecule has 0 unspecified atom stereocenters. The Morgan fingerprint density at radius 2 is 2.45 bits per heavy atom. The summed E-state index contributed by atoms with van der Waals surface area (Å²) in [5, 5.41) is 8.92. The van der Waals surface area contributed by atoms with Gasteiger partial charge in [-0.15, -0.1) is 11.3 Å². The predicted molar refractivity (Wildman–Crippen MR) is 42.2 cm³/mol. The van der Waals surface area contributed by atoms with Gasteiger partial charge in [0.1, 0.15) is 0 Å². The molecule has 60 valence electrons. The Labute approximate surface area is 68.2 Å². The summed E-state index contributed by atoms with van der Waals surface area (Å²) in [6.45, 7) is 1.68. The van der Waals surface area contributed by atoms with Crippen LogP contribution in [0.15, 0.2) is 12.1 Å². The van der Waals surface area contributed by atoms with Crippen LogP contribution in [-0.2, 0) is 4.79 Å². The third-order valence-corrected chi connectivity index (χ3v) is 1.97. The van der Waals surface area contributed by atoms with Gasteiger partial charge in [-0.25, -0.2) is 4.79 Å². The number of carboxylic acids is 1. The lowest BCUT2D eigenvalue weighted by Gasteiger charge is -1.96. The zero-order valence-electron chi connectivity index (χ0n) is 6.03. The van der Waals surface area contributed by atoms with Crippen molar-refractivity contribution in [1.82, 2.24) is 0 Å². The highest BCUT2D eigenvalue weighted by Crippen LogP contribution is 2.22. The fraction of sp³-hybridized carbons (Fsp3) is 0.286. The Balaban J connectivity index is 2.45. The molecule has 0 amide bonds. The lowest BCUT2D eigenvalue weighted by Crippen LogP contribution is -2.08. The molecule has 0 fully saturated rings. The molecule has 1 N–H and O–H groups in total. The van der Waals surface area contributed by atoms with E-state index in [1.807, 2.05) is 13.0 Å². The molecule has 0 aliphatic heterocycles. The number of thiophene rings is 1. The Morgan fingerprint density at radius 1 is 1.73 bits per heavy atom. The highest BCUT2D eigenvalue weighted by atomic mass is 32.1. The highest BCUT2D eigenvalue weighted by molar-refractivity contribution is 7.13. The first-order valence-corrected chi connectivity index (χ1v) is 3.91. The summed E-state index contributed by atoms with van der Waals surface area (Å²) in [6, 6.07) is 3.66. The van der Waals surface area contributed by atoms with Gasteiger partial charge in [-0.1, -0.05) is 0 Å². The average molecular weight is 172 g/mol. The van der Waals surface area contributed by atoms with Crippen molar-refractivity contribution in [2.75, 3.05) is 6.61 Å². The van der Waals surface area contributed by atoms with E-state index in [1.54, 1.807) is 6.07 Å². The maximum Gasteiger partial charge on any atom is 0.341 e. The van der Waals surface area contributed by atoms with Crippen LogP contribution in [0.3, 0.4) is 0 Å². The van der Waals surface area contributed by atoms with Crippen LogP contribution in [0.1, 0.15) is 4.88 Å². The van der Waals surface area contributed by atoms with Gasteiger partial charge in [-0.05, 0) is 19.1 Å². The average Bonchev–Trinajstić information content (AvgIpc) is 2.31. The van der Waals surface area contributed by atoms with Gasteiger partial charge in [-0.2, -0.15) is 0 Å². The van der Waals surface area contributed by atoms with Crippen molar-refractivity contribution in [3.05, 3.63) is 17.0 Å². The summed E-state index contributed by atoms with van der Waals surface area (Å²) < 4.78 is 4.91. The number of aliphatic carboxylic acids is 1. The molecule has 0 aliphatic carbocycles. The smallest absolute Gasteiger partial charge is 0.341 e. The molecule has 1 rings (SSSR count). The topological polar surface area (TPSA) is 46.5 Å². The first-order valence-electron chi connectivity index (χ1n) is 3.09. The summed E-state index contributed by atoms with van der Waals surface area (Å²) >= 11 is 1.44. The molecule has 0 atom stereocenters. The number of aryl methyl sites for hydroxylation is 1. The van der Waals surface area contributed by atoms with E-state index in [2.05, 4.69) is 0 Å². The number of hydrogen-bond donors (Lipinski definition) is 1. The van der Waals surface area contributed by atoms with E-state index in [4.69, 9.17) is 9.84 Å². The van der Waals surface area contributed by atoms with Crippen LogP contribution >= 0.6 is 11.3 Å². The third-order valence-electron chi connectivity index (χ3n) is 1.05. The first-order chi connectivity index (χ1) is 5.18. The van der Waals surface area contributed by atoms with Crippen LogP contribution < -0.4 is 4.74 Å². The minimum absolute atomic E-state index is 0.264. The molecule has 0 radical (unpaired) electrons. The van der Waals surface area contributed by atoms with Crippen molar-refractivity contribution in [1.29, 1.82) is 0 Å². The minimum atomic E-state index is -0.948. The van der Waals surface area contributed by atoms with E-state index in [1.165, 1.54) is 11.3 Å². The highest BCUT2D eigenvalue weighted by Gasteiger charge is 2.00. The van der Waals surface area contributed by atoms with Gasteiger partial charge < -0.3 is 9.84 Å². The van der Waals surface area contributed by atoms with Crippen molar-refractivity contribution in [2.45, 2.75) is 6.92 Å². The van der Waals surface area contributed by atoms with Gasteiger partial charge in [-0.3, -0.25) is 0 Å². The van der Waals surface area contributed by atoms with Crippen LogP contribution in [0.25, 0.3) is 0 Å². The fourth-order valence-corrected chi connectivity index (χ4v) is 1.33. The molecule has 0 aromatic carbocycles. The van der Waals surface area contributed by atoms with Crippen molar-refractivity contribution in [2.24, 2.45) is 0 Å². The summed E-state index contributed by atoms with van der Waals surface area (Å²) in [7, 11) is 0. The maximum absolute atomic E-state index is 10.1. The molecule has 11 heavy (non-hydrogen) atoms. The first kappa shape index (κ1) is 8.07. The fourth-order valence-electron chi connectivity index (χ4n) is 0.623. The quantitative estimate of drug-likeness (QED) is 0.751. The lowest BCUT2D eigenvalue weighted by molar-refractivity contribution is -0.139. The maximum atomic E-state index is 10.1. The zero-order valence-corrected chi connectivity index (χ0v) is 6.85. The van der Waals surface area contributed by atoms with Gasteiger partial charge in [0.15, 0.2) is 11.7 Å². The van der Waals surface area contributed by atoms with Gasteiger partial charge in [0, 0.05) is 4.88 Å². The molecule has 0 bridgehead atoms. The second kappa shape index (κ2) is 3.39. The Hall–Kier alpha value is -1.03. The lowest BCUT2D eigenvalue weighted by atomic mass is 10.5. The summed E-state index contributed by atoms with van der Waals surface area (Å²) in [5.74, 6) is -0.948. The van der Waals surface area contributed by atoms with Gasteiger partial charge >= 0.3 is 5.97 Å². The normalized spacial score (nSPS) is 9.55. The Kier molecular flexibility index (Phi) is 2.48. The molecule has 0 saturated carbocycles. The van der Waals surface area contributed by atoms with Crippen molar-refractivity contribution in [3.8, 4) is 5.06 Å². The van der Waals surface area contributed by atoms with Crippen LogP contribution in [0, 0.1) is 6.92 Å². The second-order valence-electron chi connectivity index (χ2n) is 2.05. The van der Waals surface area contributed by atoms with Gasteiger partial charge in [0.25, 0.3) is 0 Å². The van der Waals surface area contributed by atoms with E-state index in [9.17, 15) is 4.79 Å². The molecule has 0 spiro atoms. The monoisotopic (exact) mass is 172 g/mol. The van der Waals surface area contributed by atoms with Crippen LogP contribution in [-0.4, -0.2) is 17.7 Å². The van der Waals surface area contributed by atoms with Crippen molar-refractivity contribution in [3.63, 3.8) is 0 Å². The SMILES string of the molecule is Cc1ccc(OCC(=O)O)s1. The minimum Gasteiger partial charge on any atom is -0.479 e. The van der Waals surface area contributed by atoms with Gasteiger partial charge in [0.05, 0.1) is 0 Å². The zero-order chi connectivity index (χ0) is 8.27. The summed E-state index contributed by atoms with van der Waals surface area (Å²) in [6.07, 6.45) is 0. The van der Waals surface area contributed by atoms with Crippen LogP contribution in [0.5, 0.6) is 5.06 Å². The van der Waals surface area contributed by atoms with E-state index in [0.717, 1.165) is 4.88 Å². The third kappa shape index (κ3) is 2.59. The molecule has 4 heteroatoms.